The van der Waals surface area contributed by atoms with Gasteiger partial charge in [0.2, 0.25) is 0 Å². The molecule has 3 rings (SSSR count). The van der Waals surface area contributed by atoms with Gasteiger partial charge in [-0.3, -0.25) is 9.59 Å². The molecule has 144 valence electrons. The highest BCUT2D eigenvalue weighted by atomic mass is 16.5. The van der Waals surface area contributed by atoms with Crippen LogP contribution < -0.4 is 15.8 Å². The predicted octanol–water partition coefficient (Wildman–Crippen LogP) is 3.26. The number of rotatable bonds is 6. The molecule has 0 aliphatic rings. The monoisotopic (exact) mass is 384 g/mol. The van der Waals surface area contributed by atoms with E-state index in [9.17, 15) is 9.59 Å². The molecule has 3 aromatic rings. The Morgan fingerprint density at radius 3 is 2.21 bits per heavy atom. The van der Waals surface area contributed by atoms with Gasteiger partial charge in [-0.25, -0.2) is 0 Å². The summed E-state index contributed by atoms with van der Waals surface area (Å²) in [4.78, 5) is 23.5. The summed E-state index contributed by atoms with van der Waals surface area (Å²) in [5, 5.41) is 2.74. The minimum atomic E-state index is -0.556. The Balaban J connectivity index is 1.48. The van der Waals surface area contributed by atoms with Gasteiger partial charge in [-0.05, 0) is 35.4 Å². The van der Waals surface area contributed by atoms with Gasteiger partial charge in [0.25, 0.3) is 11.8 Å². The highest BCUT2D eigenvalue weighted by Crippen LogP contribution is 2.19. The number of ether oxygens (including phenoxy) is 1. The molecule has 0 fully saturated rings. The number of hydrogen-bond acceptors (Lipinski definition) is 3. The summed E-state index contributed by atoms with van der Waals surface area (Å²) in [5.41, 5.74) is 8.32. The number of nitrogens with two attached hydrogens (primary N) is 1. The van der Waals surface area contributed by atoms with Crippen LogP contribution in [0.25, 0.3) is 11.1 Å². The molecular formula is C24H20N2O3. The van der Waals surface area contributed by atoms with Crippen LogP contribution in [0.2, 0.25) is 0 Å². The molecule has 0 heterocycles. The van der Waals surface area contributed by atoms with Gasteiger partial charge < -0.3 is 15.8 Å². The summed E-state index contributed by atoms with van der Waals surface area (Å²) in [6.07, 6.45) is 0. The van der Waals surface area contributed by atoms with Crippen LogP contribution >= 0.6 is 0 Å². The number of benzene rings is 3. The van der Waals surface area contributed by atoms with Crippen molar-refractivity contribution in [3.05, 3.63) is 90.0 Å². The Kier molecular flexibility index (Phi) is 6.64. The molecular weight excluding hydrogens is 364 g/mol. The maximum atomic E-state index is 12.2. The first-order chi connectivity index (χ1) is 14.1. The van der Waals surface area contributed by atoms with Gasteiger partial charge in [0.05, 0.1) is 12.1 Å². The Bertz CT molecular complexity index is 1050. The van der Waals surface area contributed by atoms with Gasteiger partial charge in [-0.1, -0.05) is 66.4 Å². The largest absolute Gasteiger partial charge is 0.480 e. The van der Waals surface area contributed by atoms with E-state index in [0.717, 1.165) is 11.1 Å². The number of para-hydroxylation sites is 1. The fourth-order valence-electron chi connectivity index (χ4n) is 2.69. The number of amides is 2. The lowest BCUT2D eigenvalue weighted by molar-refractivity contribution is 0.0957. The molecule has 0 radical (unpaired) electrons. The van der Waals surface area contributed by atoms with Crippen molar-refractivity contribution in [2.75, 3.05) is 13.2 Å². The maximum Gasteiger partial charge on any atom is 0.252 e. The van der Waals surface area contributed by atoms with Crippen LogP contribution in [0, 0.1) is 11.8 Å². The summed E-state index contributed by atoms with van der Waals surface area (Å²) in [6, 6.07) is 24.1. The molecule has 0 bridgehead atoms. The first-order valence-electron chi connectivity index (χ1n) is 9.06. The van der Waals surface area contributed by atoms with E-state index in [1.165, 1.54) is 0 Å². The predicted molar refractivity (Wildman–Crippen MR) is 112 cm³/mol. The molecule has 2 amide bonds. The molecule has 0 spiro atoms. The molecule has 29 heavy (non-hydrogen) atoms. The molecule has 0 saturated carbocycles. The lowest BCUT2D eigenvalue weighted by Crippen LogP contribution is -2.23. The second-order valence-corrected chi connectivity index (χ2v) is 6.13. The first-order valence-corrected chi connectivity index (χ1v) is 9.06. The third-order valence-electron chi connectivity index (χ3n) is 4.17. The molecule has 5 nitrogen and oxygen atoms in total. The average Bonchev–Trinajstić information content (AvgIpc) is 2.77. The summed E-state index contributed by atoms with van der Waals surface area (Å²) >= 11 is 0. The van der Waals surface area contributed by atoms with Crippen molar-refractivity contribution in [2.45, 2.75) is 0 Å². The standard InChI is InChI=1S/C24H20N2O3/c25-23(27)21-10-4-5-11-22(21)29-17-7-6-16-26-24(28)20-14-12-19(13-15-20)18-8-2-1-3-9-18/h1-5,8-15H,16-17H2,(H2,25,27)(H,26,28). The van der Waals surface area contributed by atoms with Crippen molar-refractivity contribution in [3.63, 3.8) is 0 Å². The van der Waals surface area contributed by atoms with Crippen LogP contribution in [-0.4, -0.2) is 25.0 Å². The van der Waals surface area contributed by atoms with E-state index in [2.05, 4.69) is 17.2 Å². The lowest BCUT2D eigenvalue weighted by Gasteiger charge is -2.06. The van der Waals surface area contributed by atoms with Gasteiger partial charge in [-0.2, -0.15) is 0 Å². The number of primary amides is 1. The van der Waals surface area contributed by atoms with Gasteiger partial charge in [0.15, 0.2) is 0 Å². The number of carbonyl (C=O) groups is 2. The molecule has 0 aliphatic heterocycles. The van der Waals surface area contributed by atoms with Crippen LogP contribution in [0.3, 0.4) is 0 Å². The van der Waals surface area contributed by atoms with Gasteiger partial charge in [-0.15, -0.1) is 0 Å². The zero-order chi connectivity index (χ0) is 20.5. The van der Waals surface area contributed by atoms with Crippen LogP contribution in [0.4, 0.5) is 0 Å². The van der Waals surface area contributed by atoms with E-state index in [1.807, 2.05) is 42.5 Å². The van der Waals surface area contributed by atoms with Crippen molar-refractivity contribution in [2.24, 2.45) is 5.73 Å². The Labute approximate surface area is 169 Å². The summed E-state index contributed by atoms with van der Waals surface area (Å²) < 4.78 is 5.46. The van der Waals surface area contributed by atoms with E-state index < -0.39 is 5.91 Å². The van der Waals surface area contributed by atoms with E-state index in [4.69, 9.17) is 10.5 Å². The molecule has 3 aromatic carbocycles. The normalized spacial score (nSPS) is 9.79. The molecule has 5 heteroatoms. The smallest absolute Gasteiger partial charge is 0.252 e. The van der Waals surface area contributed by atoms with E-state index in [1.54, 1.807) is 36.4 Å². The topological polar surface area (TPSA) is 81.4 Å². The third kappa shape index (κ3) is 5.47. The highest BCUT2D eigenvalue weighted by molar-refractivity contribution is 5.95. The average molecular weight is 384 g/mol. The van der Waals surface area contributed by atoms with Crippen LogP contribution in [0.15, 0.2) is 78.9 Å². The van der Waals surface area contributed by atoms with E-state index in [-0.39, 0.29) is 19.1 Å². The van der Waals surface area contributed by atoms with E-state index in [0.29, 0.717) is 16.9 Å². The van der Waals surface area contributed by atoms with Gasteiger partial charge in [0, 0.05) is 5.56 Å². The van der Waals surface area contributed by atoms with Crippen molar-refractivity contribution >= 4 is 11.8 Å². The fraction of sp³-hybridized carbons (Fsp3) is 0.0833. The highest BCUT2D eigenvalue weighted by Gasteiger charge is 2.07. The van der Waals surface area contributed by atoms with Crippen molar-refractivity contribution in [1.82, 2.24) is 5.32 Å². The molecule has 0 aromatic heterocycles. The molecule has 0 aliphatic carbocycles. The van der Waals surface area contributed by atoms with Crippen molar-refractivity contribution in [1.29, 1.82) is 0 Å². The number of hydrogen-bond donors (Lipinski definition) is 2. The van der Waals surface area contributed by atoms with Crippen molar-refractivity contribution < 1.29 is 14.3 Å². The number of nitrogens with one attached hydrogen (secondary N) is 1. The van der Waals surface area contributed by atoms with Gasteiger partial charge in [0.1, 0.15) is 12.4 Å². The quantitative estimate of drug-likeness (QED) is 0.640. The zero-order valence-electron chi connectivity index (χ0n) is 15.7. The minimum Gasteiger partial charge on any atom is -0.480 e. The van der Waals surface area contributed by atoms with Crippen LogP contribution in [0.1, 0.15) is 20.7 Å². The second kappa shape index (κ2) is 9.77. The summed E-state index contributed by atoms with van der Waals surface area (Å²) in [6.45, 7) is 0.284. The minimum absolute atomic E-state index is 0.0892. The van der Waals surface area contributed by atoms with E-state index >= 15 is 0 Å². The molecule has 3 N–H and O–H groups in total. The van der Waals surface area contributed by atoms with Crippen LogP contribution in [0.5, 0.6) is 5.75 Å². The second-order valence-electron chi connectivity index (χ2n) is 6.13. The van der Waals surface area contributed by atoms with Gasteiger partial charge >= 0.3 is 0 Å². The maximum absolute atomic E-state index is 12.2. The summed E-state index contributed by atoms with van der Waals surface area (Å²) in [7, 11) is 0. The SMILES string of the molecule is NC(=O)c1ccccc1OCC#CCNC(=O)c1ccc(-c2ccccc2)cc1. The Morgan fingerprint density at radius 1 is 0.828 bits per heavy atom. The molecule has 0 saturated heterocycles. The fourth-order valence-corrected chi connectivity index (χ4v) is 2.69. The lowest BCUT2D eigenvalue weighted by atomic mass is 10.0. The summed E-state index contributed by atoms with van der Waals surface area (Å²) in [5.74, 6) is 5.25. The third-order valence-corrected chi connectivity index (χ3v) is 4.17. The number of carbonyl (C=O) groups excluding carboxylic acids is 2. The first kappa shape index (κ1) is 19.7. The molecule has 0 atom stereocenters. The van der Waals surface area contributed by atoms with Crippen molar-refractivity contribution in [3.8, 4) is 28.7 Å². The molecule has 0 unspecified atom stereocenters. The zero-order valence-corrected chi connectivity index (χ0v) is 15.7. The Morgan fingerprint density at radius 2 is 1.48 bits per heavy atom. The Hall–Kier alpha value is -4.04. The van der Waals surface area contributed by atoms with Crippen LogP contribution in [-0.2, 0) is 0 Å².